The van der Waals surface area contributed by atoms with Crippen molar-refractivity contribution in [3.63, 3.8) is 0 Å². The van der Waals surface area contributed by atoms with Gasteiger partial charge in [0.15, 0.2) is 0 Å². The summed E-state index contributed by atoms with van der Waals surface area (Å²) < 4.78 is 28.8. The molecular weight excluding hydrogens is 500 g/mol. The molecule has 36 heavy (non-hydrogen) atoms. The van der Waals surface area contributed by atoms with E-state index < -0.39 is 10.0 Å². The van der Waals surface area contributed by atoms with Gasteiger partial charge in [-0.05, 0) is 42.8 Å². The average Bonchev–Trinajstić information content (AvgIpc) is 3.48. The van der Waals surface area contributed by atoms with Crippen LogP contribution < -0.4 is 11.1 Å². The molecule has 0 amide bonds. The van der Waals surface area contributed by atoms with Crippen LogP contribution in [0.5, 0.6) is 0 Å². The Labute approximate surface area is 212 Å². The fourth-order valence-electron chi connectivity index (χ4n) is 3.57. The normalized spacial score (nSPS) is 11.5. The van der Waals surface area contributed by atoms with Crippen LogP contribution in [0.3, 0.4) is 0 Å². The lowest BCUT2D eigenvalue weighted by Gasteiger charge is -2.07. The highest BCUT2D eigenvalue weighted by Gasteiger charge is 2.22. The van der Waals surface area contributed by atoms with Gasteiger partial charge in [0.1, 0.15) is 11.4 Å². The molecule has 10 nitrogen and oxygen atoms in total. The molecular formula is C24H21ClN8O2S. The summed E-state index contributed by atoms with van der Waals surface area (Å²) in [7, 11) is -3.87. The molecule has 5 rings (SSSR count). The second kappa shape index (κ2) is 9.44. The minimum atomic E-state index is -3.87. The van der Waals surface area contributed by atoms with Crippen molar-refractivity contribution in [2.24, 2.45) is 0 Å². The average molecular weight is 521 g/mol. The Bertz CT molecular complexity index is 1630. The van der Waals surface area contributed by atoms with Gasteiger partial charge < -0.3 is 11.1 Å². The zero-order valence-corrected chi connectivity index (χ0v) is 20.6. The molecule has 12 heteroatoms. The Morgan fingerprint density at radius 2 is 1.81 bits per heavy atom. The van der Waals surface area contributed by atoms with Gasteiger partial charge >= 0.3 is 0 Å². The minimum Gasteiger partial charge on any atom is -0.399 e. The first-order chi connectivity index (χ1) is 17.3. The molecule has 0 aliphatic rings. The van der Waals surface area contributed by atoms with E-state index >= 15 is 0 Å². The van der Waals surface area contributed by atoms with E-state index in [1.165, 1.54) is 18.3 Å². The summed E-state index contributed by atoms with van der Waals surface area (Å²) in [5.74, 6) is 0.263. The fraction of sp³-hybridized carbons (Fsp3) is 0.0833. The number of aryl methyl sites for hydroxylation is 1. The highest BCUT2D eigenvalue weighted by Crippen LogP contribution is 2.28. The third-order valence-electron chi connectivity index (χ3n) is 5.32. The topological polar surface area (TPSA) is 134 Å². The van der Waals surface area contributed by atoms with Crippen molar-refractivity contribution in [3.8, 4) is 11.4 Å². The van der Waals surface area contributed by atoms with Crippen LogP contribution in [0.4, 0.5) is 17.3 Å². The third kappa shape index (κ3) is 4.79. The molecule has 0 fully saturated rings. The maximum atomic E-state index is 13.0. The van der Waals surface area contributed by atoms with Crippen molar-refractivity contribution in [1.82, 2.24) is 28.9 Å². The Morgan fingerprint density at radius 3 is 2.56 bits per heavy atom. The molecule has 0 bridgehead atoms. The standard InChI is InChI=1S/C24H21ClN8O2S/c1-16-11-22(31-33(16)36(34,35)20-5-3-2-4-6-20)23-21(25)13-27-24(30-23)29-19-12-28-32(15-19)14-17-7-9-18(26)10-8-17/h2-13,15H,14,26H2,1H3,(H,27,29,30). The van der Waals surface area contributed by atoms with E-state index in [4.69, 9.17) is 17.3 Å². The van der Waals surface area contributed by atoms with Crippen LogP contribution in [-0.2, 0) is 16.6 Å². The van der Waals surface area contributed by atoms with Gasteiger partial charge in [-0.1, -0.05) is 41.9 Å². The van der Waals surface area contributed by atoms with Gasteiger partial charge in [0.2, 0.25) is 5.95 Å². The number of nitrogen functional groups attached to an aromatic ring is 1. The second-order valence-electron chi connectivity index (χ2n) is 8.02. The fourth-order valence-corrected chi connectivity index (χ4v) is 5.09. The Morgan fingerprint density at radius 1 is 1.06 bits per heavy atom. The monoisotopic (exact) mass is 520 g/mol. The van der Waals surface area contributed by atoms with Crippen LogP contribution in [0.25, 0.3) is 11.4 Å². The zero-order chi connectivity index (χ0) is 25.3. The first-order valence-electron chi connectivity index (χ1n) is 10.8. The van der Waals surface area contributed by atoms with Crippen LogP contribution in [-0.4, -0.2) is 37.4 Å². The first kappa shape index (κ1) is 23.5. The van der Waals surface area contributed by atoms with Crippen molar-refractivity contribution in [1.29, 1.82) is 0 Å². The molecule has 3 aromatic heterocycles. The lowest BCUT2D eigenvalue weighted by molar-refractivity contribution is 0.578. The molecule has 3 heterocycles. The van der Waals surface area contributed by atoms with E-state index in [0.717, 1.165) is 9.65 Å². The Kier molecular flexibility index (Phi) is 6.17. The Balaban J connectivity index is 1.39. The van der Waals surface area contributed by atoms with Crippen LogP contribution >= 0.6 is 11.6 Å². The summed E-state index contributed by atoms with van der Waals surface area (Å²) in [6, 6.07) is 17.3. The highest BCUT2D eigenvalue weighted by atomic mass is 35.5. The molecule has 3 N–H and O–H groups in total. The highest BCUT2D eigenvalue weighted by molar-refractivity contribution is 7.89. The third-order valence-corrected chi connectivity index (χ3v) is 7.28. The van der Waals surface area contributed by atoms with Gasteiger partial charge in [0.05, 0.1) is 40.2 Å². The van der Waals surface area contributed by atoms with Crippen LogP contribution in [0.1, 0.15) is 11.3 Å². The minimum absolute atomic E-state index is 0.134. The van der Waals surface area contributed by atoms with Gasteiger partial charge in [0, 0.05) is 11.9 Å². The quantitative estimate of drug-likeness (QED) is 0.306. The molecule has 0 unspecified atom stereocenters. The molecule has 0 aliphatic heterocycles. The van der Waals surface area contributed by atoms with Gasteiger partial charge in [-0.15, -0.1) is 0 Å². The van der Waals surface area contributed by atoms with E-state index in [0.29, 0.717) is 35.0 Å². The van der Waals surface area contributed by atoms with E-state index in [-0.39, 0.29) is 15.9 Å². The van der Waals surface area contributed by atoms with E-state index in [9.17, 15) is 8.42 Å². The van der Waals surface area contributed by atoms with Crippen molar-refractivity contribution in [2.45, 2.75) is 18.4 Å². The number of benzene rings is 2. The smallest absolute Gasteiger partial charge is 0.283 e. The largest absolute Gasteiger partial charge is 0.399 e. The van der Waals surface area contributed by atoms with E-state index in [1.54, 1.807) is 42.1 Å². The summed E-state index contributed by atoms with van der Waals surface area (Å²) in [4.78, 5) is 8.84. The molecule has 5 aromatic rings. The summed E-state index contributed by atoms with van der Waals surface area (Å²) >= 11 is 6.36. The van der Waals surface area contributed by atoms with Crippen molar-refractivity contribution >= 4 is 38.9 Å². The first-order valence-corrected chi connectivity index (χ1v) is 12.7. The van der Waals surface area contributed by atoms with Crippen LogP contribution in [0.2, 0.25) is 5.02 Å². The molecule has 182 valence electrons. The summed E-state index contributed by atoms with van der Waals surface area (Å²) in [6.07, 6.45) is 4.91. The molecule has 0 saturated heterocycles. The maximum Gasteiger partial charge on any atom is 0.283 e. The van der Waals surface area contributed by atoms with Gasteiger partial charge in [0.25, 0.3) is 10.0 Å². The molecule has 0 spiro atoms. The number of aromatic nitrogens is 6. The van der Waals surface area contributed by atoms with E-state index in [1.807, 2.05) is 30.5 Å². The summed E-state index contributed by atoms with van der Waals surface area (Å²) in [5.41, 5.74) is 9.20. The van der Waals surface area contributed by atoms with Gasteiger partial charge in [-0.25, -0.2) is 9.97 Å². The number of hydrogen-bond acceptors (Lipinski definition) is 8. The zero-order valence-electron chi connectivity index (χ0n) is 19.1. The number of rotatable bonds is 7. The lowest BCUT2D eigenvalue weighted by Crippen LogP contribution is -2.16. The molecule has 0 radical (unpaired) electrons. The molecule has 0 aliphatic carbocycles. The van der Waals surface area contributed by atoms with Gasteiger partial charge in [-0.2, -0.15) is 22.7 Å². The molecule has 0 saturated carbocycles. The van der Waals surface area contributed by atoms with Crippen molar-refractivity contribution in [3.05, 3.63) is 95.5 Å². The van der Waals surface area contributed by atoms with E-state index in [2.05, 4.69) is 25.5 Å². The molecule has 0 atom stereocenters. The van der Waals surface area contributed by atoms with Crippen LogP contribution in [0, 0.1) is 6.92 Å². The number of hydrogen-bond donors (Lipinski definition) is 2. The number of nitrogens with zero attached hydrogens (tertiary/aromatic N) is 6. The number of halogens is 1. The lowest BCUT2D eigenvalue weighted by atomic mass is 10.2. The predicted octanol–water partition coefficient (Wildman–Crippen LogP) is 4.11. The number of nitrogens with two attached hydrogens (primary N) is 1. The summed E-state index contributed by atoms with van der Waals surface area (Å²) in [6.45, 7) is 2.22. The van der Waals surface area contributed by atoms with Crippen molar-refractivity contribution in [2.75, 3.05) is 11.1 Å². The second-order valence-corrected chi connectivity index (χ2v) is 10.2. The molecule has 2 aromatic carbocycles. The predicted molar refractivity (Wildman–Crippen MR) is 137 cm³/mol. The summed E-state index contributed by atoms with van der Waals surface area (Å²) in [5, 5.41) is 12.0. The number of anilines is 3. The van der Waals surface area contributed by atoms with Crippen LogP contribution in [0.15, 0.2) is 84.1 Å². The van der Waals surface area contributed by atoms with Crippen molar-refractivity contribution < 1.29 is 8.42 Å². The number of nitrogens with one attached hydrogen (secondary N) is 1. The van der Waals surface area contributed by atoms with Gasteiger partial charge in [-0.3, -0.25) is 4.68 Å². The SMILES string of the molecule is Cc1cc(-c2nc(Nc3cnn(Cc4ccc(N)cc4)c3)ncc2Cl)nn1S(=O)(=O)c1ccccc1. The Hall–Kier alpha value is -4.22. The maximum absolute atomic E-state index is 13.0.